The topological polar surface area (TPSA) is 75.3 Å². The Hall–Kier alpha value is -2.49. The third-order valence-corrected chi connectivity index (χ3v) is 2.34. The largest absolute Gasteiger partial charge is 0.508 e. The molecule has 0 aliphatic carbocycles. The van der Waals surface area contributed by atoms with Crippen molar-refractivity contribution < 1.29 is 9.90 Å². The number of phenols is 1. The second-order valence-electron chi connectivity index (χ2n) is 3.59. The molecule has 0 spiro atoms. The Morgan fingerprint density at radius 2 is 1.63 bits per heavy atom. The molecule has 4 heteroatoms. The number of hydrogen-bond acceptors (Lipinski definition) is 3. The van der Waals surface area contributed by atoms with E-state index >= 15 is 0 Å². The smallest absolute Gasteiger partial charge is 0.255 e. The van der Waals surface area contributed by atoms with Gasteiger partial charge in [0.1, 0.15) is 5.75 Å². The van der Waals surface area contributed by atoms with Crippen LogP contribution in [0.4, 0.5) is 11.4 Å². The minimum Gasteiger partial charge on any atom is -0.508 e. The van der Waals surface area contributed by atoms with E-state index in [9.17, 15) is 4.79 Å². The third kappa shape index (κ3) is 4.03. The number of carbonyl (C=O) groups excluding carboxylic acids is 1. The second-order valence-corrected chi connectivity index (χ2v) is 3.59. The summed E-state index contributed by atoms with van der Waals surface area (Å²) >= 11 is 0. The Labute approximate surface area is 112 Å². The lowest BCUT2D eigenvalue weighted by molar-refractivity contribution is 0.102. The van der Waals surface area contributed by atoms with E-state index < -0.39 is 0 Å². The van der Waals surface area contributed by atoms with E-state index in [0.29, 0.717) is 16.9 Å². The normalized spacial score (nSPS) is 9.16. The van der Waals surface area contributed by atoms with Crippen LogP contribution in [0, 0.1) is 0 Å². The van der Waals surface area contributed by atoms with E-state index in [1.54, 1.807) is 36.4 Å². The van der Waals surface area contributed by atoms with Crippen molar-refractivity contribution in [1.29, 1.82) is 0 Å². The fourth-order valence-electron chi connectivity index (χ4n) is 1.42. The number of hydrogen-bond donors (Lipinski definition) is 3. The quantitative estimate of drug-likeness (QED) is 0.724. The Kier molecular flexibility index (Phi) is 5.41. The van der Waals surface area contributed by atoms with Gasteiger partial charge in [-0.25, -0.2) is 0 Å². The summed E-state index contributed by atoms with van der Waals surface area (Å²) in [6.07, 6.45) is 0. The predicted molar refractivity (Wildman–Crippen MR) is 78.3 cm³/mol. The Morgan fingerprint density at radius 3 is 2.21 bits per heavy atom. The summed E-state index contributed by atoms with van der Waals surface area (Å²) in [4.78, 5) is 11.8. The van der Waals surface area contributed by atoms with Gasteiger partial charge in [-0.1, -0.05) is 26.0 Å². The summed E-state index contributed by atoms with van der Waals surface area (Å²) in [5.74, 6) is -0.135. The van der Waals surface area contributed by atoms with Crippen molar-refractivity contribution >= 4 is 17.3 Å². The number of amides is 1. The molecule has 0 bridgehead atoms. The molecular weight excluding hydrogens is 240 g/mol. The first kappa shape index (κ1) is 14.6. The van der Waals surface area contributed by atoms with Crippen molar-refractivity contribution in [1.82, 2.24) is 0 Å². The first-order valence-electron chi connectivity index (χ1n) is 6.12. The molecule has 0 atom stereocenters. The van der Waals surface area contributed by atoms with Gasteiger partial charge in [0, 0.05) is 5.56 Å². The van der Waals surface area contributed by atoms with Crippen LogP contribution in [0.25, 0.3) is 0 Å². The Balaban J connectivity index is 0.000000861. The summed E-state index contributed by atoms with van der Waals surface area (Å²) in [5.41, 5.74) is 7.27. The molecule has 2 rings (SSSR count). The van der Waals surface area contributed by atoms with Gasteiger partial charge < -0.3 is 16.2 Å². The average Bonchev–Trinajstić information content (AvgIpc) is 2.44. The molecule has 0 unspecified atom stereocenters. The molecule has 0 fully saturated rings. The molecule has 1 amide bonds. The van der Waals surface area contributed by atoms with Crippen LogP contribution in [-0.4, -0.2) is 11.0 Å². The molecule has 2 aromatic rings. The summed E-state index contributed by atoms with van der Waals surface area (Å²) in [6.45, 7) is 4.00. The van der Waals surface area contributed by atoms with E-state index in [-0.39, 0.29) is 11.7 Å². The number of rotatable bonds is 2. The minimum absolute atomic E-state index is 0.126. The zero-order valence-electron chi connectivity index (χ0n) is 11.1. The fourth-order valence-corrected chi connectivity index (χ4v) is 1.42. The number of nitrogens with one attached hydrogen (secondary N) is 1. The lowest BCUT2D eigenvalue weighted by Crippen LogP contribution is -2.12. The molecule has 4 nitrogen and oxygen atoms in total. The van der Waals surface area contributed by atoms with Crippen LogP contribution in [0.3, 0.4) is 0 Å². The van der Waals surface area contributed by atoms with Gasteiger partial charge >= 0.3 is 0 Å². The van der Waals surface area contributed by atoms with Crippen molar-refractivity contribution in [3.05, 3.63) is 54.1 Å². The van der Waals surface area contributed by atoms with Crippen LogP contribution >= 0.6 is 0 Å². The summed E-state index contributed by atoms with van der Waals surface area (Å²) in [5, 5.41) is 11.8. The maximum Gasteiger partial charge on any atom is 0.255 e. The van der Waals surface area contributed by atoms with Gasteiger partial charge in [0.05, 0.1) is 11.4 Å². The van der Waals surface area contributed by atoms with E-state index in [0.717, 1.165) is 0 Å². The highest BCUT2D eigenvalue weighted by Crippen LogP contribution is 2.18. The number of aromatic hydroxyl groups is 1. The molecule has 0 radical (unpaired) electrons. The Morgan fingerprint density at radius 1 is 1.05 bits per heavy atom. The molecule has 19 heavy (non-hydrogen) atoms. The average molecular weight is 258 g/mol. The summed E-state index contributed by atoms with van der Waals surface area (Å²) in [6, 6.07) is 13.1. The minimum atomic E-state index is -0.261. The monoisotopic (exact) mass is 258 g/mol. The zero-order valence-corrected chi connectivity index (χ0v) is 11.1. The van der Waals surface area contributed by atoms with E-state index in [4.69, 9.17) is 10.8 Å². The highest BCUT2D eigenvalue weighted by Gasteiger charge is 2.07. The van der Waals surface area contributed by atoms with Gasteiger partial charge in [-0.2, -0.15) is 0 Å². The number of nitrogen functional groups attached to an aromatic ring is 1. The molecule has 0 aliphatic rings. The van der Waals surface area contributed by atoms with Crippen molar-refractivity contribution in [2.75, 3.05) is 11.1 Å². The van der Waals surface area contributed by atoms with Gasteiger partial charge in [-0.05, 0) is 36.4 Å². The molecular formula is C15H18N2O2. The van der Waals surface area contributed by atoms with Crippen LogP contribution in [-0.2, 0) is 0 Å². The van der Waals surface area contributed by atoms with Crippen molar-refractivity contribution in [3.8, 4) is 5.75 Å². The van der Waals surface area contributed by atoms with Crippen LogP contribution < -0.4 is 11.1 Å². The van der Waals surface area contributed by atoms with Crippen LogP contribution in [0.2, 0.25) is 0 Å². The highest BCUT2D eigenvalue weighted by molar-refractivity contribution is 6.05. The van der Waals surface area contributed by atoms with Crippen molar-refractivity contribution in [2.24, 2.45) is 0 Å². The third-order valence-electron chi connectivity index (χ3n) is 2.34. The molecule has 0 aliphatic heterocycles. The number of phenolic OH excluding ortho intramolecular Hbond substituents is 1. The van der Waals surface area contributed by atoms with E-state index in [1.165, 1.54) is 12.1 Å². The second kappa shape index (κ2) is 7.06. The van der Waals surface area contributed by atoms with Gasteiger partial charge in [0.25, 0.3) is 5.91 Å². The number of nitrogens with two attached hydrogens (primary N) is 1. The number of carbonyl (C=O) groups is 1. The van der Waals surface area contributed by atoms with E-state index in [1.807, 2.05) is 13.8 Å². The maximum absolute atomic E-state index is 11.8. The first-order chi connectivity index (χ1) is 9.16. The van der Waals surface area contributed by atoms with Gasteiger partial charge in [0.15, 0.2) is 0 Å². The lowest BCUT2D eigenvalue weighted by Gasteiger charge is -2.07. The molecule has 4 N–H and O–H groups in total. The molecule has 2 aromatic carbocycles. The summed E-state index contributed by atoms with van der Waals surface area (Å²) in [7, 11) is 0. The van der Waals surface area contributed by atoms with Crippen molar-refractivity contribution in [3.63, 3.8) is 0 Å². The van der Waals surface area contributed by atoms with Crippen LogP contribution in [0.15, 0.2) is 48.5 Å². The summed E-state index contributed by atoms with van der Waals surface area (Å²) < 4.78 is 0. The predicted octanol–water partition coefficient (Wildman–Crippen LogP) is 3.25. The number of anilines is 2. The van der Waals surface area contributed by atoms with E-state index in [2.05, 4.69) is 5.32 Å². The fraction of sp³-hybridized carbons (Fsp3) is 0.133. The highest BCUT2D eigenvalue weighted by atomic mass is 16.3. The lowest BCUT2D eigenvalue weighted by atomic mass is 10.2. The molecule has 100 valence electrons. The van der Waals surface area contributed by atoms with Gasteiger partial charge in [0.2, 0.25) is 0 Å². The standard InChI is InChI=1S/C13H12N2O2.C2H6/c14-11-3-1-2-4-12(11)15-13(17)9-5-7-10(16)8-6-9;1-2/h1-8,16H,14H2,(H,15,17);1-2H3. The van der Waals surface area contributed by atoms with Crippen LogP contribution in [0.5, 0.6) is 5.75 Å². The number of benzene rings is 2. The van der Waals surface area contributed by atoms with Gasteiger partial charge in [-0.15, -0.1) is 0 Å². The zero-order chi connectivity index (χ0) is 14.3. The van der Waals surface area contributed by atoms with Gasteiger partial charge in [-0.3, -0.25) is 4.79 Å². The molecule has 0 heterocycles. The molecule has 0 saturated heterocycles. The Bertz CT molecular complexity index is 536. The number of para-hydroxylation sites is 2. The SMILES string of the molecule is CC.Nc1ccccc1NC(=O)c1ccc(O)cc1. The first-order valence-corrected chi connectivity index (χ1v) is 6.12. The molecule has 0 aromatic heterocycles. The molecule has 0 saturated carbocycles. The maximum atomic E-state index is 11.8. The van der Waals surface area contributed by atoms with Crippen LogP contribution in [0.1, 0.15) is 24.2 Å². The van der Waals surface area contributed by atoms with Crippen molar-refractivity contribution in [2.45, 2.75) is 13.8 Å².